The Labute approximate surface area is 208 Å². The number of benzene rings is 1. The highest BCUT2D eigenvalue weighted by atomic mass is 16.5. The van der Waals surface area contributed by atoms with Crippen LogP contribution in [-0.4, -0.2) is 57.8 Å². The molecule has 0 unspecified atom stereocenters. The van der Waals surface area contributed by atoms with Gasteiger partial charge in [0.25, 0.3) is 0 Å². The summed E-state index contributed by atoms with van der Waals surface area (Å²) in [6, 6.07) is 6.75. The van der Waals surface area contributed by atoms with Gasteiger partial charge < -0.3 is 19.5 Å². The SMILES string of the molecule is CCNC(=O)COC1CCN(c2nc(Cc3cc(C(C)(C)C)ccc3C)c3c(ncn3C)n2)CC1. The lowest BCUT2D eigenvalue weighted by atomic mass is 9.84. The molecule has 2 aromatic heterocycles. The van der Waals surface area contributed by atoms with E-state index < -0.39 is 0 Å². The third-order valence-corrected chi connectivity index (χ3v) is 6.75. The van der Waals surface area contributed by atoms with Gasteiger partial charge in [-0.3, -0.25) is 4.79 Å². The molecule has 8 nitrogen and oxygen atoms in total. The Morgan fingerprint density at radius 3 is 2.63 bits per heavy atom. The van der Waals surface area contributed by atoms with Crippen molar-refractivity contribution in [3.05, 3.63) is 46.9 Å². The van der Waals surface area contributed by atoms with Gasteiger partial charge in [-0.1, -0.05) is 39.0 Å². The van der Waals surface area contributed by atoms with Gasteiger partial charge in [-0.25, -0.2) is 9.97 Å². The number of hydrogen-bond donors (Lipinski definition) is 1. The number of aromatic nitrogens is 4. The molecule has 0 spiro atoms. The first-order chi connectivity index (χ1) is 16.7. The maximum atomic E-state index is 11.7. The van der Waals surface area contributed by atoms with E-state index in [0.29, 0.717) is 6.54 Å². The summed E-state index contributed by atoms with van der Waals surface area (Å²) in [7, 11) is 2.00. The van der Waals surface area contributed by atoms with Crippen molar-refractivity contribution in [2.45, 2.75) is 65.4 Å². The Bertz CT molecular complexity index is 1190. The van der Waals surface area contributed by atoms with E-state index in [1.54, 1.807) is 0 Å². The second-order valence-corrected chi connectivity index (χ2v) is 10.5. The zero-order chi connectivity index (χ0) is 25.2. The Morgan fingerprint density at radius 2 is 1.94 bits per heavy atom. The topological polar surface area (TPSA) is 85.2 Å². The normalized spacial score (nSPS) is 15.1. The monoisotopic (exact) mass is 478 g/mol. The lowest BCUT2D eigenvalue weighted by Crippen LogP contribution is -2.39. The minimum absolute atomic E-state index is 0.0608. The van der Waals surface area contributed by atoms with Crippen molar-refractivity contribution in [2.75, 3.05) is 31.1 Å². The Hall–Kier alpha value is -3.00. The number of amides is 1. The van der Waals surface area contributed by atoms with E-state index in [1.807, 2.05) is 24.9 Å². The fourth-order valence-electron chi connectivity index (χ4n) is 4.56. The van der Waals surface area contributed by atoms with Crippen LogP contribution in [0.15, 0.2) is 24.5 Å². The second-order valence-electron chi connectivity index (χ2n) is 10.5. The maximum Gasteiger partial charge on any atom is 0.246 e. The molecule has 1 fully saturated rings. The summed E-state index contributed by atoms with van der Waals surface area (Å²) in [5.41, 5.74) is 6.66. The summed E-state index contributed by atoms with van der Waals surface area (Å²) in [5.74, 6) is 0.660. The highest BCUT2D eigenvalue weighted by molar-refractivity contribution is 5.77. The summed E-state index contributed by atoms with van der Waals surface area (Å²) in [6.45, 7) is 13.1. The van der Waals surface area contributed by atoms with Crippen LogP contribution in [0.4, 0.5) is 5.95 Å². The van der Waals surface area contributed by atoms with Gasteiger partial charge in [-0.2, -0.15) is 4.98 Å². The largest absolute Gasteiger partial charge is 0.368 e. The van der Waals surface area contributed by atoms with Gasteiger partial charge in [0.05, 0.1) is 18.1 Å². The standard InChI is InChI=1S/C27H38N6O2/c1-7-28-23(34)16-35-21-10-12-33(13-11-21)26-30-22(24-25(31-26)29-17-32(24)6)15-19-14-20(27(3,4)5)9-8-18(19)2/h8-9,14,17,21H,7,10-13,15-16H2,1-6H3,(H,28,34). The van der Waals surface area contributed by atoms with Crippen molar-refractivity contribution in [2.24, 2.45) is 7.05 Å². The molecule has 0 radical (unpaired) electrons. The number of aryl methyl sites for hydroxylation is 2. The summed E-state index contributed by atoms with van der Waals surface area (Å²) in [6.07, 6.45) is 4.30. The van der Waals surface area contributed by atoms with Gasteiger partial charge in [-0.05, 0) is 48.8 Å². The molecule has 35 heavy (non-hydrogen) atoms. The fourth-order valence-corrected chi connectivity index (χ4v) is 4.56. The predicted octanol–water partition coefficient (Wildman–Crippen LogP) is 3.68. The number of anilines is 1. The van der Waals surface area contributed by atoms with Crippen LogP contribution < -0.4 is 10.2 Å². The van der Waals surface area contributed by atoms with Gasteiger partial charge in [0.1, 0.15) is 12.1 Å². The highest BCUT2D eigenvalue weighted by Gasteiger charge is 2.24. The quantitative estimate of drug-likeness (QED) is 0.558. The summed E-state index contributed by atoms with van der Waals surface area (Å²) < 4.78 is 7.83. The van der Waals surface area contributed by atoms with Crippen LogP contribution in [0.1, 0.15) is 62.9 Å². The third-order valence-electron chi connectivity index (χ3n) is 6.75. The number of rotatable bonds is 7. The molecule has 1 N–H and O–H groups in total. The molecule has 0 atom stereocenters. The smallest absolute Gasteiger partial charge is 0.246 e. The summed E-state index contributed by atoms with van der Waals surface area (Å²) >= 11 is 0. The fraction of sp³-hybridized carbons (Fsp3) is 0.556. The van der Waals surface area contributed by atoms with E-state index in [9.17, 15) is 4.79 Å². The van der Waals surface area contributed by atoms with E-state index in [-0.39, 0.29) is 24.0 Å². The van der Waals surface area contributed by atoms with Crippen LogP contribution >= 0.6 is 0 Å². The van der Waals surface area contributed by atoms with Crippen molar-refractivity contribution in [3.63, 3.8) is 0 Å². The van der Waals surface area contributed by atoms with Crippen molar-refractivity contribution in [1.29, 1.82) is 0 Å². The number of carbonyl (C=O) groups excluding carboxylic acids is 1. The number of piperidine rings is 1. The molecule has 1 aromatic carbocycles. The molecule has 0 bridgehead atoms. The summed E-state index contributed by atoms with van der Waals surface area (Å²) in [4.78, 5) is 28.3. The van der Waals surface area contributed by atoms with Crippen LogP contribution in [0.2, 0.25) is 0 Å². The van der Waals surface area contributed by atoms with Crippen LogP contribution in [0, 0.1) is 6.92 Å². The lowest BCUT2D eigenvalue weighted by Gasteiger charge is -2.32. The third kappa shape index (κ3) is 5.81. The van der Waals surface area contributed by atoms with Gasteiger partial charge in [0.2, 0.25) is 11.9 Å². The number of imidazole rings is 1. The first kappa shape index (κ1) is 25.1. The molecule has 0 saturated carbocycles. The van der Waals surface area contributed by atoms with Gasteiger partial charge in [0.15, 0.2) is 5.65 Å². The number of ether oxygens (including phenoxy) is 1. The molecular weight excluding hydrogens is 440 g/mol. The van der Waals surface area contributed by atoms with E-state index >= 15 is 0 Å². The van der Waals surface area contributed by atoms with Crippen molar-refractivity contribution in [3.8, 4) is 0 Å². The first-order valence-electron chi connectivity index (χ1n) is 12.6. The van der Waals surface area contributed by atoms with Crippen LogP contribution in [0.3, 0.4) is 0 Å². The molecule has 3 aromatic rings. The van der Waals surface area contributed by atoms with Crippen molar-refractivity contribution >= 4 is 23.0 Å². The number of carbonyl (C=O) groups is 1. The van der Waals surface area contributed by atoms with Gasteiger partial charge in [0, 0.05) is 33.1 Å². The van der Waals surface area contributed by atoms with Crippen LogP contribution in [0.25, 0.3) is 11.2 Å². The lowest BCUT2D eigenvalue weighted by molar-refractivity contribution is -0.128. The molecule has 1 amide bonds. The van der Waals surface area contributed by atoms with E-state index in [4.69, 9.17) is 14.7 Å². The minimum Gasteiger partial charge on any atom is -0.368 e. The van der Waals surface area contributed by atoms with Gasteiger partial charge >= 0.3 is 0 Å². The Balaban J connectivity index is 1.55. The first-order valence-corrected chi connectivity index (χ1v) is 12.6. The number of hydrogen-bond acceptors (Lipinski definition) is 6. The van der Waals surface area contributed by atoms with Crippen molar-refractivity contribution < 1.29 is 9.53 Å². The summed E-state index contributed by atoms with van der Waals surface area (Å²) in [5, 5.41) is 2.78. The van der Waals surface area contributed by atoms with Crippen molar-refractivity contribution in [1.82, 2.24) is 24.8 Å². The molecule has 1 aliphatic rings. The second kappa shape index (κ2) is 10.3. The highest BCUT2D eigenvalue weighted by Crippen LogP contribution is 2.28. The number of fused-ring (bicyclic) bond motifs is 1. The zero-order valence-electron chi connectivity index (χ0n) is 21.9. The number of likely N-dealkylation sites (N-methyl/N-ethyl adjacent to an activating group) is 1. The van der Waals surface area contributed by atoms with E-state index in [2.05, 4.69) is 61.1 Å². The van der Waals surface area contributed by atoms with Crippen LogP contribution in [-0.2, 0) is 28.4 Å². The van der Waals surface area contributed by atoms with Crippen LogP contribution in [0.5, 0.6) is 0 Å². The molecule has 3 heterocycles. The molecule has 1 saturated heterocycles. The average molecular weight is 479 g/mol. The Kier molecular flexibility index (Phi) is 7.40. The molecule has 8 heteroatoms. The number of nitrogens with one attached hydrogen (secondary N) is 1. The molecule has 1 aliphatic heterocycles. The van der Waals surface area contributed by atoms with E-state index in [0.717, 1.165) is 55.2 Å². The number of nitrogens with zero attached hydrogens (tertiary/aromatic N) is 5. The predicted molar refractivity (Wildman–Crippen MR) is 139 cm³/mol. The Morgan fingerprint density at radius 1 is 1.20 bits per heavy atom. The molecule has 188 valence electrons. The molecule has 4 rings (SSSR count). The average Bonchev–Trinajstić information content (AvgIpc) is 3.20. The minimum atomic E-state index is -0.0608. The maximum absolute atomic E-state index is 11.7. The van der Waals surface area contributed by atoms with E-state index in [1.165, 1.54) is 16.7 Å². The molecular formula is C27H38N6O2. The molecule has 0 aliphatic carbocycles. The zero-order valence-corrected chi connectivity index (χ0v) is 21.9. The van der Waals surface area contributed by atoms with Gasteiger partial charge in [-0.15, -0.1) is 0 Å².